The molecule has 4 nitrogen and oxygen atoms in total. The summed E-state index contributed by atoms with van der Waals surface area (Å²) in [7, 11) is 0. The first-order valence-electron chi connectivity index (χ1n) is 13.4. The topological polar surface area (TPSA) is 35.6 Å². The lowest BCUT2D eigenvalue weighted by Crippen LogP contribution is -2.69. The van der Waals surface area contributed by atoms with Crippen molar-refractivity contribution in [2.45, 2.75) is 155 Å². The van der Waals surface area contributed by atoms with E-state index < -0.39 is 0 Å². The van der Waals surface area contributed by atoms with Crippen molar-refractivity contribution in [3.63, 3.8) is 0 Å². The average Bonchev–Trinajstić information content (AvgIpc) is 2.96. The summed E-state index contributed by atoms with van der Waals surface area (Å²) in [5.41, 5.74) is -0.115. The van der Waals surface area contributed by atoms with Crippen LogP contribution in [0, 0.1) is 0 Å². The van der Waals surface area contributed by atoms with Crippen molar-refractivity contribution in [3.05, 3.63) is 0 Å². The standard InChI is InChI=1S/C27H53N3O/c1-8-10-11-12-13-14-15-16-17-18-19-29-22-27(28-24(29)9-2)20-25(4,5)30(23(3)31)26(6,7)21-27/h24,28H,8-22H2,1-7H3. The van der Waals surface area contributed by atoms with Crippen LogP contribution in [0.25, 0.3) is 0 Å². The highest BCUT2D eigenvalue weighted by atomic mass is 16.2. The largest absolute Gasteiger partial charge is 0.333 e. The van der Waals surface area contributed by atoms with Gasteiger partial charge in [-0.2, -0.15) is 0 Å². The van der Waals surface area contributed by atoms with Crippen LogP contribution in [0.3, 0.4) is 0 Å². The van der Waals surface area contributed by atoms with Gasteiger partial charge in [-0.25, -0.2) is 0 Å². The van der Waals surface area contributed by atoms with E-state index in [1.807, 2.05) is 0 Å². The Bertz CT molecular complexity index is 539. The minimum Gasteiger partial charge on any atom is -0.333 e. The van der Waals surface area contributed by atoms with Crippen LogP contribution in [0.1, 0.15) is 132 Å². The van der Waals surface area contributed by atoms with E-state index in [9.17, 15) is 4.79 Å². The number of nitrogens with zero attached hydrogens (tertiary/aromatic N) is 2. The number of hydrogen-bond acceptors (Lipinski definition) is 3. The Balaban J connectivity index is 1.81. The predicted molar refractivity (Wildman–Crippen MR) is 133 cm³/mol. The maximum Gasteiger partial charge on any atom is 0.220 e. The number of hydrogen-bond donors (Lipinski definition) is 1. The van der Waals surface area contributed by atoms with Gasteiger partial charge in [-0.05, 0) is 59.9 Å². The van der Waals surface area contributed by atoms with Crippen molar-refractivity contribution < 1.29 is 4.79 Å². The molecule has 2 rings (SSSR count). The summed E-state index contributed by atoms with van der Waals surface area (Å²) in [5, 5.41) is 4.05. The van der Waals surface area contributed by atoms with Gasteiger partial charge in [-0.1, -0.05) is 71.6 Å². The van der Waals surface area contributed by atoms with Gasteiger partial charge in [-0.3, -0.25) is 15.0 Å². The zero-order valence-corrected chi connectivity index (χ0v) is 22.0. The van der Waals surface area contributed by atoms with Gasteiger partial charge in [0, 0.05) is 30.1 Å². The molecule has 182 valence electrons. The molecule has 0 aromatic heterocycles. The molecule has 0 aliphatic carbocycles. The molecule has 2 saturated heterocycles. The summed E-state index contributed by atoms with van der Waals surface area (Å²) >= 11 is 0. The number of amides is 1. The molecule has 1 N–H and O–H groups in total. The molecule has 1 atom stereocenters. The number of nitrogens with one attached hydrogen (secondary N) is 1. The van der Waals surface area contributed by atoms with Gasteiger partial charge in [0.1, 0.15) is 0 Å². The van der Waals surface area contributed by atoms with Crippen LogP contribution in [-0.2, 0) is 4.79 Å². The first-order valence-corrected chi connectivity index (χ1v) is 13.4. The van der Waals surface area contributed by atoms with Crippen LogP contribution in [-0.4, -0.2) is 51.6 Å². The molecule has 0 saturated carbocycles. The smallest absolute Gasteiger partial charge is 0.220 e. The van der Waals surface area contributed by atoms with Gasteiger partial charge in [-0.15, -0.1) is 0 Å². The third-order valence-corrected chi connectivity index (χ3v) is 7.67. The van der Waals surface area contributed by atoms with Gasteiger partial charge in [0.15, 0.2) is 0 Å². The summed E-state index contributed by atoms with van der Waals surface area (Å²) in [6.45, 7) is 17.7. The average molecular weight is 436 g/mol. The Morgan fingerprint density at radius 3 is 1.77 bits per heavy atom. The molecule has 0 bridgehead atoms. The number of piperidine rings is 1. The van der Waals surface area contributed by atoms with Crippen molar-refractivity contribution in [1.29, 1.82) is 0 Å². The Kier molecular flexibility index (Phi) is 9.88. The van der Waals surface area contributed by atoms with E-state index >= 15 is 0 Å². The fourth-order valence-corrected chi connectivity index (χ4v) is 7.15. The van der Waals surface area contributed by atoms with E-state index in [4.69, 9.17) is 0 Å². The van der Waals surface area contributed by atoms with E-state index in [0.717, 1.165) is 25.8 Å². The minimum atomic E-state index is -0.119. The second kappa shape index (κ2) is 11.5. The summed E-state index contributed by atoms with van der Waals surface area (Å²) in [5.74, 6) is 0.206. The maximum absolute atomic E-state index is 12.4. The molecular formula is C27H53N3O. The molecule has 2 aliphatic heterocycles. The van der Waals surface area contributed by atoms with E-state index in [-0.39, 0.29) is 22.5 Å². The van der Waals surface area contributed by atoms with Gasteiger partial charge in [0.2, 0.25) is 5.91 Å². The lowest BCUT2D eigenvalue weighted by Gasteiger charge is -2.58. The highest BCUT2D eigenvalue weighted by Gasteiger charge is 2.56. The van der Waals surface area contributed by atoms with Gasteiger partial charge < -0.3 is 4.90 Å². The highest BCUT2D eigenvalue weighted by molar-refractivity contribution is 5.75. The van der Waals surface area contributed by atoms with E-state index in [1.165, 1.54) is 70.8 Å². The summed E-state index contributed by atoms with van der Waals surface area (Å²) in [4.78, 5) is 17.3. The molecule has 0 aromatic carbocycles. The van der Waals surface area contributed by atoms with E-state index in [0.29, 0.717) is 6.17 Å². The number of carbonyl (C=O) groups excluding carboxylic acids is 1. The lowest BCUT2D eigenvalue weighted by atomic mass is 9.69. The Labute approximate surface area is 193 Å². The van der Waals surface area contributed by atoms with Crippen LogP contribution >= 0.6 is 0 Å². The summed E-state index contributed by atoms with van der Waals surface area (Å²) in [6, 6.07) is 0. The van der Waals surface area contributed by atoms with Crippen molar-refractivity contribution in [2.75, 3.05) is 13.1 Å². The molecule has 2 aliphatic rings. The Morgan fingerprint density at radius 1 is 0.839 bits per heavy atom. The first-order chi connectivity index (χ1) is 14.6. The van der Waals surface area contributed by atoms with Crippen molar-refractivity contribution in [1.82, 2.24) is 15.1 Å². The number of unbranched alkanes of at least 4 members (excludes halogenated alkanes) is 9. The van der Waals surface area contributed by atoms with Gasteiger partial charge in [0.05, 0.1) is 6.17 Å². The molecule has 0 aromatic rings. The quantitative estimate of drug-likeness (QED) is 0.356. The molecule has 1 amide bonds. The molecule has 31 heavy (non-hydrogen) atoms. The van der Waals surface area contributed by atoms with Gasteiger partial charge >= 0.3 is 0 Å². The number of rotatable bonds is 12. The van der Waals surface area contributed by atoms with Crippen LogP contribution < -0.4 is 5.32 Å². The third-order valence-electron chi connectivity index (χ3n) is 7.67. The van der Waals surface area contributed by atoms with Crippen molar-refractivity contribution in [2.24, 2.45) is 0 Å². The van der Waals surface area contributed by atoms with Crippen molar-refractivity contribution in [3.8, 4) is 0 Å². The fourth-order valence-electron chi connectivity index (χ4n) is 7.15. The van der Waals surface area contributed by atoms with E-state index in [2.05, 4.69) is 56.7 Å². The third kappa shape index (κ3) is 7.19. The van der Waals surface area contributed by atoms with Crippen LogP contribution in [0.15, 0.2) is 0 Å². The molecule has 0 radical (unpaired) electrons. The molecule has 1 unspecified atom stereocenters. The molecule has 2 heterocycles. The summed E-state index contributed by atoms with van der Waals surface area (Å²) in [6.07, 6.45) is 17.6. The zero-order valence-electron chi connectivity index (χ0n) is 22.0. The number of carbonyl (C=O) groups is 1. The SMILES string of the molecule is CCCCCCCCCCCCN1CC2(CC(C)(C)N(C(C)=O)C(C)(C)C2)NC1CC. The zero-order chi connectivity index (χ0) is 23.1. The normalized spacial score (nSPS) is 24.7. The number of likely N-dealkylation sites (tertiary alicyclic amines) is 1. The lowest BCUT2D eigenvalue weighted by molar-refractivity contribution is -0.150. The maximum atomic E-state index is 12.4. The Morgan fingerprint density at radius 2 is 1.32 bits per heavy atom. The van der Waals surface area contributed by atoms with Crippen LogP contribution in [0.5, 0.6) is 0 Å². The first kappa shape index (κ1) is 26.6. The van der Waals surface area contributed by atoms with Gasteiger partial charge in [0.25, 0.3) is 0 Å². The Hall–Kier alpha value is -0.610. The minimum absolute atomic E-state index is 0.119. The van der Waals surface area contributed by atoms with Crippen LogP contribution in [0.2, 0.25) is 0 Å². The highest BCUT2D eigenvalue weighted by Crippen LogP contribution is 2.46. The second-order valence-corrected chi connectivity index (χ2v) is 11.8. The monoisotopic (exact) mass is 435 g/mol. The molecule has 2 fully saturated rings. The molecular weight excluding hydrogens is 382 g/mol. The summed E-state index contributed by atoms with van der Waals surface area (Å²) < 4.78 is 0. The van der Waals surface area contributed by atoms with Crippen LogP contribution in [0.4, 0.5) is 0 Å². The van der Waals surface area contributed by atoms with E-state index in [1.54, 1.807) is 6.92 Å². The molecule has 1 spiro atoms. The fraction of sp³-hybridized carbons (Fsp3) is 0.963. The predicted octanol–water partition coefficient (Wildman–Crippen LogP) is 6.49. The van der Waals surface area contributed by atoms with Crippen molar-refractivity contribution >= 4 is 5.91 Å². The molecule has 4 heteroatoms. The second-order valence-electron chi connectivity index (χ2n) is 11.8.